The van der Waals surface area contributed by atoms with Crippen molar-refractivity contribution in [2.45, 2.75) is 26.9 Å². The number of amides is 1. The molecule has 9 heteroatoms. The van der Waals surface area contributed by atoms with Gasteiger partial charge in [0.25, 0.3) is 5.91 Å². The molecule has 9 nitrogen and oxygen atoms in total. The van der Waals surface area contributed by atoms with E-state index in [1.165, 1.54) is 25.5 Å². The van der Waals surface area contributed by atoms with Gasteiger partial charge in [0.1, 0.15) is 6.61 Å². The van der Waals surface area contributed by atoms with Crippen molar-refractivity contribution in [3.8, 4) is 23.0 Å². The molecule has 0 bridgehead atoms. The van der Waals surface area contributed by atoms with Gasteiger partial charge in [-0.3, -0.25) is 4.79 Å². The van der Waals surface area contributed by atoms with Gasteiger partial charge in [0.2, 0.25) is 0 Å². The predicted molar refractivity (Wildman–Crippen MR) is 139 cm³/mol. The molecule has 37 heavy (non-hydrogen) atoms. The van der Waals surface area contributed by atoms with Crippen LogP contribution in [0.4, 0.5) is 0 Å². The SMILES string of the molecule is CCCOc1ccc(C(=O)N/N=C/c2ccc(OCc3ccc(C(=O)O)cc3)c(OC)c2)cc1OCC. The van der Waals surface area contributed by atoms with E-state index in [9.17, 15) is 9.59 Å². The third-order valence-electron chi connectivity index (χ3n) is 5.13. The zero-order valence-electron chi connectivity index (χ0n) is 21.0. The van der Waals surface area contributed by atoms with Crippen molar-refractivity contribution in [1.29, 1.82) is 0 Å². The fourth-order valence-corrected chi connectivity index (χ4v) is 3.27. The van der Waals surface area contributed by atoms with E-state index in [0.29, 0.717) is 47.3 Å². The van der Waals surface area contributed by atoms with Crippen molar-refractivity contribution in [3.63, 3.8) is 0 Å². The second-order valence-electron chi connectivity index (χ2n) is 7.84. The number of aromatic carboxylic acids is 1. The summed E-state index contributed by atoms with van der Waals surface area (Å²) < 4.78 is 22.5. The van der Waals surface area contributed by atoms with Crippen LogP contribution >= 0.6 is 0 Å². The monoisotopic (exact) mass is 506 g/mol. The number of ether oxygens (including phenoxy) is 4. The summed E-state index contributed by atoms with van der Waals surface area (Å²) in [7, 11) is 1.52. The van der Waals surface area contributed by atoms with Gasteiger partial charge in [-0.15, -0.1) is 0 Å². The molecule has 0 aliphatic rings. The molecule has 0 radical (unpaired) electrons. The number of carbonyl (C=O) groups is 2. The molecule has 0 aliphatic heterocycles. The molecule has 0 aromatic heterocycles. The minimum Gasteiger partial charge on any atom is -0.493 e. The summed E-state index contributed by atoms with van der Waals surface area (Å²) in [6.45, 7) is 5.13. The first-order valence-corrected chi connectivity index (χ1v) is 11.8. The van der Waals surface area contributed by atoms with E-state index >= 15 is 0 Å². The van der Waals surface area contributed by atoms with Crippen LogP contribution in [-0.2, 0) is 6.61 Å². The maximum atomic E-state index is 12.6. The topological polar surface area (TPSA) is 116 Å². The highest BCUT2D eigenvalue weighted by molar-refractivity contribution is 5.95. The summed E-state index contributed by atoms with van der Waals surface area (Å²) >= 11 is 0. The Kier molecular flexibility index (Phi) is 9.90. The molecule has 0 heterocycles. The number of hydrogen-bond donors (Lipinski definition) is 2. The lowest BCUT2D eigenvalue weighted by Crippen LogP contribution is -2.17. The van der Waals surface area contributed by atoms with Crippen molar-refractivity contribution in [2.24, 2.45) is 5.10 Å². The van der Waals surface area contributed by atoms with Gasteiger partial charge in [0, 0.05) is 5.56 Å². The van der Waals surface area contributed by atoms with Crippen molar-refractivity contribution in [1.82, 2.24) is 5.43 Å². The molecule has 2 N–H and O–H groups in total. The van der Waals surface area contributed by atoms with Crippen LogP contribution in [0.1, 0.15) is 52.1 Å². The van der Waals surface area contributed by atoms with Crippen LogP contribution in [0.2, 0.25) is 0 Å². The average Bonchev–Trinajstić information content (AvgIpc) is 2.91. The fraction of sp³-hybridized carbons (Fsp3) is 0.250. The molecule has 0 unspecified atom stereocenters. The van der Waals surface area contributed by atoms with Gasteiger partial charge in [-0.2, -0.15) is 5.10 Å². The van der Waals surface area contributed by atoms with Gasteiger partial charge < -0.3 is 24.1 Å². The maximum Gasteiger partial charge on any atom is 0.335 e. The minimum absolute atomic E-state index is 0.213. The number of carboxylic acids is 1. The molecule has 0 saturated carbocycles. The number of methoxy groups -OCH3 is 1. The first-order valence-electron chi connectivity index (χ1n) is 11.8. The lowest BCUT2D eigenvalue weighted by atomic mass is 10.1. The van der Waals surface area contributed by atoms with Crippen LogP contribution in [0.15, 0.2) is 65.8 Å². The van der Waals surface area contributed by atoms with Gasteiger partial charge in [-0.05, 0) is 73.0 Å². The number of hydrogen-bond acceptors (Lipinski definition) is 7. The second-order valence-corrected chi connectivity index (χ2v) is 7.84. The molecule has 1 amide bonds. The molecular formula is C28H30N2O7. The lowest BCUT2D eigenvalue weighted by Gasteiger charge is -2.12. The van der Waals surface area contributed by atoms with Crippen molar-refractivity contribution in [2.75, 3.05) is 20.3 Å². The average molecular weight is 507 g/mol. The zero-order chi connectivity index (χ0) is 26.6. The van der Waals surface area contributed by atoms with Gasteiger partial charge in [0.05, 0.1) is 32.1 Å². The maximum absolute atomic E-state index is 12.6. The van der Waals surface area contributed by atoms with Crippen molar-refractivity contribution >= 4 is 18.1 Å². The molecule has 0 spiro atoms. The summed E-state index contributed by atoms with van der Waals surface area (Å²) in [6.07, 6.45) is 2.36. The highest BCUT2D eigenvalue weighted by Gasteiger charge is 2.12. The number of benzene rings is 3. The number of carboxylic acid groups (broad SMARTS) is 1. The fourth-order valence-electron chi connectivity index (χ4n) is 3.27. The molecule has 0 saturated heterocycles. The van der Waals surface area contributed by atoms with Gasteiger partial charge in [0.15, 0.2) is 23.0 Å². The Balaban J connectivity index is 1.62. The molecule has 0 atom stereocenters. The second kappa shape index (κ2) is 13.5. The Morgan fingerprint density at radius 3 is 2.24 bits per heavy atom. The highest BCUT2D eigenvalue weighted by atomic mass is 16.5. The number of rotatable bonds is 13. The highest BCUT2D eigenvalue weighted by Crippen LogP contribution is 2.29. The number of hydrazone groups is 1. The quantitative estimate of drug-likeness (QED) is 0.250. The van der Waals surface area contributed by atoms with Gasteiger partial charge in [-0.1, -0.05) is 19.1 Å². The summed E-state index contributed by atoms with van der Waals surface area (Å²) in [6, 6.07) is 16.7. The first-order chi connectivity index (χ1) is 17.9. The van der Waals surface area contributed by atoms with Crippen LogP contribution in [0.3, 0.4) is 0 Å². The Hall–Kier alpha value is -4.53. The summed E-state index contributed by atoms with van der Waals surface area (Å²) in [5, 5.41) is 13.0. The van der Waals surface area contributed by atoms with Crippen molar-refractivity contribution < 1.29 is 33.6 Å². The van der Waals surface area contributed by atoms with E-state index in [0.717, 1.165) is 12.0 Å². The van der Waals surface area contributed by atoms with E-state index in [1.807, 2.05) is 13.8 Å². The van der Waals surface area contributed by atoms with Crippen LogP contribution < -0.4 is 24.4 Å². The Bertz CT molecular complexity index is 1240. The first kappa shape index (κ1) is 27.1. The molecular weight excluding hydrogens is 476 g/mol. The Morgan fingerprint density at radius 2 is 1.57 bits per heavy atom. The van der Waals surface area contributed by atoms with Crippen LogP contribution in [0.25, 0.3) is 0 Å². The zero-order valence-corrected chi connectivity index (χ0v) is 21.0. The molecule has 194 valence electrons. The van der Waals surface area contributed by atoms with Gasteiger partial charge >= 0.3 is 5.97 Å². The normalized spacial score (nSPS) is 10.7. The van der Waals surface area contributed by atoms with Crippen LogP contribution in [0, 0.1) is 0 Å². The van der Waals surface area contributed by atoms with E-state index in [4.69, 9.17) is 24.1 Å². The predicted octanol–water partition coefficient (Wildman–Crippen LogP) is 4.92. The van der Waals surface area contributed by atoms with E-state index in [2.05, 4.69) is 10.5 Å². The van der Waals surface area contributed by atoms with Crippen LogP contribution in [-0.4, -0.2) is 43.5 Å². The lowest BCUT2D eigenvalue weighted by molar-refractivity contribution is 0.0696. The number of carbonyl (C=O) groups excluding carboxylic acids is 1. The smallest absolute Gasteiger partial charge is 0.335 e. The Morgan fingerprint density at radius 1 is 0.865 bits per heavy atom. The van der Waals surface area contributed by atoms with Crippen molar-refractivity contribution in [3.05, 3.63) is 82.9 Å². The number of nitrogens with zero attached hydrogens (tertiary/aromatic N) is 1. The third-order valence-corrected chi connectivity index (χ3v) is 5.13. The Labute approximate surface area is 215 Å². The molecule has 3 aromatic rings. The standard InChI is InChI=1S/C28H30N2O7/c1-4-14-36-24-13-11-22(16-26(24)35-5-2)27(31)30-29-17-20-8-12-23(25(15-20)34-3)37-18-19-6-9-21(10-7-19)28(32)33/h6-13,15-17H,4-5,14,18H2,1-3H3,(H,30,31)(H,32,33)/b29-17+. The number of nitrogens with one attached hydrogen (secondary N) is 1. The molecule has 0 aliphatic carbocycles. The summed E-state index contributed by atoms with van der Waals surface area (Å²) in [5.41, 5.74) is 4.62. The summed E-state index contributed by atoms with van der Waals surface area (Å²) in [4.78, 5) is 23.6. The largest absolute Gasteiger partial charge is 0.493 e. The molecule has 0 fully saturated rings. The van der Waals surface area contributed by atoms with E-state index in [-0.39, 0.29) is 18.1 Å². The minimum atomic E-state index is -0.979. The molecule has 3 rings (SSSR count). The van der Waals surface area contributed by atoms with Gasteiger partial charge in [-0.25, -0.2) is 10.2 Å². The summed E-state index contributed by atoms with van der Waals surface area (Å²) in [5.74, 6) is 0.732. The third kappa shape index (κ3) is 7.73. The van der Waals surface area contributed by atoms with Crippen LogP contribution in [0.5, 0.6) is 23.0 Å². The molecule has 3 aromatic carbocycles. The van der Waals surface area contributed by atoms with E-state index in [1.54, 1.807) is 48.5 Å². The van der Waals surface area contributed by atoms with E-state index < -0.39 is 5.97 Å².